The van der Waals surface area contributed by atoms with Crippen molar-refractivity contribution in [3.63, 3.8) is 0 Å². The van der Waals surface area contributed by atoms with Crippen molar-refractivity contribution in [2.24, 2.45) is 10.7 Å². The number of hydrogen-bond donors (Lipinski definition) is 2. The van der Waals surface area contributed by atoms with Gasteiger partial charge in [-0.1, -0.05) is 0 Å². The zero-order valence-corrected chi connectivity index (χ0v) is 26.1. The van der Waals surface area contributed by atoms with Crippen LogP contribution in [0.25, 0.3) is 11.4 Å². The molecule has 0 spiro atoms. The molecule has 3 N–H and O–H groups in total. The zero-order valence-electron chi connectivity index (χ0n) is 26.1. The molecule has 1 amide bonds. The molecule has 4 heterocycles. The van der Waals surface area contributed by atoms with Crippen molar-refractivity contribution in [3.8, 4) is 23.2 Å². The molecule has 3 aliphatic heterocycles. The number of ether oxygens (including phenoxy) is 2. The molecule has 14 heteroatoms. The van der Waals surface area contributed by atoms with E-state index in [0.717, 1.165) is 51.3 Å². The smallest absolute Gasteiger partial charge is 0.265 e. The molecule has 3 aromatic rings. The Morgan fingerprint density at radius 2 is 1.94 bits per heavy atom. The first kappa shape index (κ1) is 31.8. The van der Waals surface area contributed by atoms with Crippen molar-refractivity contribution in [1.82, 2.24) is 24.8 Å². The van der Waals surface area contributed by atoms with Gasteiger partial charge in [0.25, 0.3) is 5.91 Å². The summed E-state index contributed by atoms with van der Waals surface area (Å²) < 4.78 is 26.3. The monoisotopic (exact) mass is 640 g/mol. The third kappa shape index (κ3) is 7.65. The number of piperidine rings is 1. The van der Waals surface area contributed by atoms with Gasteiger partial charge in [-0.25, -0.2) is 14.4 Å². The normalized spacial score (nSPS) is 20.9. The molecule has 3 aliphatic rings. The molecule has 0 radical (unpaired) electrons. The second-order valence-electron chi connectivity index (χ2n) is 11.7. The number of likely N-dealkylation sites (tertiary alicyclic amines) is 1. The van der Waals surface area contributed by atoms with E-state index in [2.05, 4.69) is 53.3 Å². The minimum absolute atomic E-state index is 0.141. The van der Waals surface area contributed by atoms with Gasteiger partial charge in [-0.15, -0.1) is 0 Å². The summed E-state index contributed by atoms with van der Waals surface area (Å²) >= 11 is 0. The van der Waals surface area contributed by atoms with Gasteiger partial charge in [0.15, 0.2) is 12.0 Å². The molecule has 3 fully saturated rings. The summed E-state index contributed by atoms with van der Waals surface area (Å²) in [5.41, 5.74) is 8.66. The van der Waals surface area contributed by atoms with Crippen LogP contribution in [0, 0.1) is 11.3 Å². The van der Waals surface area contributed by atoms with E-state index in [9.17, 15) is 10.1 Å². The number of aromatic nitrogens is 3. The van der Waals surface area contributed by atoms with E-state index in [0.29, 0.717) is 29.1 Å². The maximum absolute atomic E-state index is 15.1. The van der Waals surface area contributed by atoms with Crippen LogP contribution in [0.2, 0.25) is 0 Å². The maximum Gasteiger partial charge on any atom is 0.265 e. The number of carbonyl (C=O) groups is 1. The Balaban J connectivity index is 1.05. The molecule has 0 unspecified atom stereocenters. The van der Waals surface area contributed by atoms with Crippen LogP contribution < -0.4 is 20.7 Å². The van der Waals surface area contributed by atoms with E-state index >= 15 is 4.39 Å². The van der Waals surface area contributed by atoms with Crippen LogP contribution in [0.5, 0.6) is 5.75 Å². The lowest BCUT2D eigenvalue weighted by Gasteiger charge is -2.43. The summed E-state index contributed by atoms with van der Waals surface area (Å²) in [5.74, 6) is 0.578. The van der Waals surface area contributed by atoms with E-state index in [1.54, 1.807) is 25.1 Å². The number of aliphatic imine (C=N–C) groups is 1. The number of anilines is 3. The highest BCUT2D eigenvalue weighted by Gasteiger charge is 2.33. The Morgan fingerprint density at radius 1 is 1.15 bits per heavy atom. The standard InChI is InChI=1S/C33H37FN10O3/c1-22(15-35)37-17-31(45)44-9-8-30(28(34)18-44)47-29-7-2-23(14-24(29)16-36)32-38-21-39-33(41-32)40-25-3-5-26(6-4-25)42-10-12-43(13-11-42)27-19-46-20-27/h2-7,14-15,17,21,27-28,30H,8-13,18-20,35H2,1H3,(H,38,39,40,41)/b22-15-,37-17?/t28-,30+/m1/s1. The quantitative estimate of drug-likeness (QED) is 0.331. The minimum Gasteiger partial charge on any atom is -0.486 e. The van der Waals surface area contributed by atoms with E-state index in [4.69, 9.17) is 15.2 Å². The molecule has 0 aliphatic carbocycles. The van der Waals surface area contributed by atoms with Gasteiger partial charge in [0.1, 0.15) is 24.3 Å². The molecule has 0 saturated carbocycles. The van der Waals surface area contributed by atoms with Gasteiger partial charge in [0.2, 0.25) is 5.95 Å². The molecule has 47 heavy (non-hydrogen) atoms. The average Bonchev–Trinajstić information content (AvgIpc) is 3.08. The number of nitrogens with zero attached hydrogens (tertiary/aromatic N) is 8. The van der Waals surface area contributed by atoms with Crippen LogP contribution in [-0.4, -0.2) is 108 Å². The Labute approximate surface area is 272 Å². The van der Waals surface area contributed by atoms with Gasteiger partial charge in [0, 0.05) is 62.3 Å². The van der Waals surface area contributed by atoms with Crippen molar-refractivity contribution in [2.45, 2.75) is 31.7 Å². The number of nitrogens with two attached hydrogens (primary N) is 1. The predicted octanol–water partition coefficient (Wildman–Crippen LogP) is 2.88. The zero-order chi connectivity index (χ0) is 32.8. The number of carbonyl (C=O) groups excluding carboxylic acids is 1. The summed E-state index contributed by atoms with van der Waals surface area (Å²) in [5, 5.41) is 13.1. The second-order valence-corrected chi connectivity index (χ2v) is 11.7. The number of alkyl halides is 1. The van der Waals surface area contributed by atoms with Gasteiger partial charge in [0.05, 0.1) is 43.3 Å². The molecule has 0 bridgehead atoms. The van der Waals surface area contributed by atoms with Crippen LogP contribution in [0.1, 0.15) is 18.9 Å². The molecule has 2 atom stereocenters. The van der Waals surface area contributed by atoms with Gasteiger partial charge >= 0.3 is 0 Å². The summed E-state index contributed by atoms with van der Waals surface area (Å²) in [6, 6.07) is 15.8. The molecule has 3 saturated heterocycles. The van der Waals surface area contributed by atoms with E-state index in [-0.39, 0.29) is 30.8 Å². The van der Waals surface area contributed by atoms with Crippen LogP contribution in [0.3, 0.4) is 0 Å². The third-order valence-electron chi connectivity index (χ3n) is 8.56. The summed E-state index contributed by atoms with van der Waals surface area (Å²) in [6.07, 6.45) is 1.82. The number of piperazine rings is 1. The Kier molecular flexibility index (Phi) is 9.84. The largest absolute Gasteiger partial charge is 0.486 e. The number of nitriles is 1. The first-order chi connectivity index (χ1) is 22.9. The van der Waals surface area contributed by atoms with Gasteiger partial charge < -0.3 is 30.3 Å². The molecule has 2 aromatic carbocycles. The van der Waals surface area contributed by atoms with Gasteiger partial charge in [-0.2, -0.15) is 10.2 Å². The highest BCUT2D eigenvalue weighted by Crippen LogP contribution is 2.29. The fraction of sp³-hybridized carbons (Fsp3) is 0.394. The van der Waals surface area contributed by atoms with Crippen molar-refractivity contribution in [3.05, 3.63) is 66.3 Å². The Morgan fingerprint density at radius 3 is 2.62 bits per heavy atom. The van der Waals surface area contributed by atoms with Crippen LogP contribution in [-0.2, 0) is 9.53 Å². The second kappa shape index (κ2) is 14.5. The Hall–Kier alpha value is -5.13. The van der Waals surface area contributed by atoms with Crippen molar-refractivity contribution < 1.29 is 18.7 Å². The molecular formula is C33H37FN10O3. The number of allylic oxidation sites excluding steroid dienone is 1. The SMILES string of the molecule is C/C(=C/N)N=CC(=O)N1CC[C@H](Oc2ccc(-c3ncnc(Nc4ccc(N5CCN(C6COC6)CC5)cc4)n3)cc2C#N)[C@H](F)C1. The lowest BCUT2D eigenvalue weighted by Crippen LogP contribution is -2.56. The lowest BCUT2D eigenvalue weighted by molar-refractivity contribution is -0.127. The van der Waals surface area contributed by atoms with Crippen LogP contribution in [0.15, 0.2) is 65.7 Å². The summed E-state index contributed by atoms with van der Waals surface area (Å²) in [4.78, 5) is 35.7. The number of benzene rings is 2. The molecular weight excluding hydrogens is 603 g/mol. The third-order valence-corrected chi connectivity index (χ3v) is 8.56. The van der Waals surface area contributed by atoms with Crippen LogP contribution in [0.4, 0.5) is 21.7 Å². The first-order valence-corrected chi connectivity index (χ1v) is 15.6. The minimum atomic E-state index is -1.44. The molecule has 13 nitrogen and oxygen atoms in total. The van der Waals surface area contributed by atoms with Crippen LogP contribution >= 0.6 is 0 Å². The average molecular weight is 641 g/mol. The number of rotatable bonds is 9. The van der Waals surface area contributed by atoms with E-state index < -0.39 is 18.2 Å². The summed E-state index contributed by atoms with van der Waals surface area (Å²) in [6.45, 7) is 7.52. The molecule has 244 valence electrons. The topological polar surface area (TPSA) is 158 Å². The Bertz CT molecular complexity index is 1670. The lowest BCUT2D eigenvalue weighted by atomic mass is 10.0. The number of hydrogen-bond acceptors (Lipinski definition) is 12. The molecule has 1 aromatic heterocycles. The number of nitrogens with one attached hydrogen (secondary N) is 1. The summed E-state index contributed by atoms with van der Waals surface area (Å²) in [7, 11) is 0. The fourth-order valence-corrected chi connectivity index (χ4v) is 5.68. The predicted molar refractivity (Wildman–Crippen MR) is 175 cm³/mol. The van der Waals surface area contributed by atoms with Crippen molar-refractivity contribution in [1.29, 1.82) is 5.26 Å². The first-order valence-electron chi connectivity index (χ1n) is 15.6. The number of amides is 1. The van der Waals surface area contributed by atoms with Gasteiger partial charge in [-0.05, 0) is 49.4 Å². The highest BCUT2D eigenvalue weighted by atomic mass is 19.1. The highest BCUT2D eigenvalue weighted by molar-refractivity contribution is 6.26. The molecule has 6 rings (SSSR count). The maximum atomic E-state index is 15.1. The fourth-order valence-electron chi connectivity index (χ4n) is 5.68. The van der Waals surface area contributed by atoms with E-state index in [1.807, 2.05) is 12.1 Å². The van der Waals surface area contributed by atoms with Crippen molar-refractivity contribution >= 4 is 29.4 Å². The van der Waals surface area contributed by atoms with E-state index in [1.165, 1.54) is 23.1 Å². The van der Waals surface area contributed by atoms with Crippen molar-refractivity contribution in [2.75, 3.05) is 62.7 Å². The number of halogens is 1. The van der Waals surface area contributed by atoms with Gasteiger partial charge in [-0.3, -0.25) is 14.7 Å².